The fourth-order valence-electron chi connectivity index (χ4n) is 1.73. The number of benzene rings is 1. The maximum absolute atomic E-state index is 13.4. The van der Waals surface area contributed by atoms with Crippen molar-refractivity contribution in [3.63, 3.8) is 0 Å². The van der Waals surface area contributed by atoms with Crippen molar-refractivity contribution in [1.29, 1.82) is 0 Å². The number of fused-ring (bicyclic) bond motifs is 1. The molecule has 78 valence electrons. The van der Waals surface area contributed by atoms with Crippen LogP contribution >= 0.6 is 0 Å². The van der Waals surface area contributed by atoms with Crippen LogP contribution < -0.4 is 0 Å². The van der Waals surface area contributed by atoms with E-state index in [4.69, 9.17) is 0 Å². The van der Waals surface area contributed by atoms with Gasteiger partial charge in [0.25, 0.3) is 0 Å². The Balaban J connectivity index is 2.55. The number of carbonyl (C=O) groups is 2. The molecule has 0 heterocycles. The van der Waals surface area contributed by atoms with Crippen molar-refractivity contribution in [2.24, 2.45) is 0 Å². The van der Waals surface area contributed by atoms with Gasteiger partial charge in [0.15, 0.2) is 5.78 Å². The summed E-state index contributed by atoms with van der Waals surface area (Å²) in [5.41, 5.74) is 0.938. The van der Waals surface area contributed by atoms with E-state index in [1.807, 2.05) is 0 Å². The van der Waals surface area contributed by atoms with Crippen molar-refractivity contribution in [3.05, 3.63) is 34.6 Å². The second kappa shape index (κ2) is 3.46. The summed E-state index contributed by atoms with van der Waals surface area (Å²) in [6.07, 6.45) is 0.936. The van der Waals surface area contributed by atoms with E-state index in [1.54, 1.807) is 0 Å². The normalized spacial score (nSPS) is 13.9. The lowest BCUT2D eigenvalue weighted by Gasteiger charge is -2.04. The molecule has 0 saturated carbocycles. The monoisotopic (exact) mass is 208 g/mol. The first-order chi connectivity index (χ1) is 7.13. The van der Waals surface area contributed by atoms with Gasteiger partial charge in [0.05, 0.1) is 12.7 Å². The van der Waals surface area contributed by atoms with Crippen LogP contribution in [0.15, 0.2) is 12.1 Å². The van der Waals surface area contributed by atoms with E-state index in [1.165, 1.54) is 19.2 Å². The molecule has 1 aliphatic carbocycles. The Labute approximate surface area is 85.9 Å². The molecule has 0 radical (unpaired) electrons. The standard InChI is InChI=1S/C11H9FO3/c1-15-11(14)8-5-7-6(4-9(8)12)2-3-10(7)13/h4-5H,2-3H2,1H3. The number of Topliss-reactive ketones (excluding diaryl/α,β-unsaturated/α-hetero) is 1. The summed E-state index contributed by atoms with van der Waals surface area (Å²) in [5.74, 6) is -1.43. The summed E-state index contributed by atoms with van der Waals surface area (Å²) in [6, 6.07) is 2.53. The van der Waals surface area contributed by atoms with Crippen LogP contribution in [0.1, 0.15) is 32.7 Å². The zero-order valence-electron chi connectivity index (χ0n) is 8.17. The molecule has 0 aromatic heterocycles. The summed E-state index contributed by atoms with van der Waals surface area (Å²) >= 11 is 0. The highest BCUT2D eigenvalue weighted by molar-refractivity contribution is 6.02. The number of carbonyl (C=O) groups excluding carboxylic acids is 2. The summed E-state index contributed by atoms with van der Waals surface area (Å²) in [6.45, 7) is 0. The minimum atomic E-state index is -0.755. The first-order valence-corrected chi connectivity index (χ1v) is 4.57. The molecular formula is C11H9FO3. The van der Waals surface area contributed by atoms with Gasteiger partial charge in [-0.15, -0.1) is 0 Å². The van der Waals surface area contributed by atoms with Crippen LogP contribution in [0.2, 0.25) is 0 Å². The van der Waals surface area contributed by atoms with Crippen molar-refractivity contribution in [1.82, 2.24) is 0 Å². The third kappa shape index (κ3) is 1.52. The lowest BCUT2D eigenvalue weighted by atomic mass is 10.1. The molecule has 4 heteroatoms. The first kappa shape index (κ1) is 9.83. The third-order valence-electron chi connectivity index (χ3n) is 2.52. The highest BCUT2D eigenvalue weighted by atomic mass is 19.1. The quantitative estimate of drug-likeness (QED) is 0.660. The molecule has 1 aliphatic rings. The molecule has 0 spiro atoms. The van der Waals surface area contributed by atoms with Gasteiger partial charge >= 0.3 is 5.97 Å². The highest BCUT2D eigenvalue weighted by Crippen LogP contribution is 2.25. The molecule has 0 aliphatic heterocycles. The zero-order chi connectivity index (χ0) is 11.0. The van der Waals surface area contributed by atoms with Crippen molar-refractivity contribution < 1.29 is 18.7 Å². The van der Waals surface area contributed by atoms with E-state index < -0.39 is 11.8 Å². The number of rotatable bonds is 1. The third-order valence-corrected chi connectivity index (χ3v) is 2.52. The lowest BCUT2D eigenvalue weighted by molar-refractivity contribution is 0.0595. The van der Waals surface area contributed by atoms with Gasteiger partial charge in [-0.1, -0.05) is 0 Å². The highest BCUT2D eigenvalue weighted by Gasteiger charge is 2.24. The number of hydrogen-bond acceptors (Lipinski definition) is 3. The Morgan fingerprint density at radius 1 is 1.40 bits per heavy atom. The molecule has 0 fully saturated rings. The molecule has 2 rings (SSSR count). The average Bonchev–Trinajstić information content (AvgIpc) is 2.58. The SMILES string of the molecule is COC(=O)c1cc2c(cc1F)CCC2=O. The van der Waals surface area contributed by atoms with Crippen LogP contribution in [0.4, 0.5) is 4.39 Å². The second-order valence-electron chi connectivity index (χ2n) is 3.40. The van der Waals surface area contributed by atoms with E-state index in [9.17, 15) is 14.0 Å². The Bertz CT molecular complexity index is 451. The lowest BCUT2D eigenvalue weighted by Crippen LogP contribution is -2.06. The van der Waals surface area contributed by atoms with Crippen molar-refractivity contribution in [2.75, 3.05) is 7.11 Å². The topological polar surface area (TPSA) is 43.4 Å². The average molecular weight is 208 g/mol. The Kier molecular flexibility index (Phi) is 2.26. The second-order valence-corrected chi connectivity index (χ2v) is 3.40. The van der Waals surface area contributed by atoms with Crippen LogP contribution in [0.25, 0.3) is 0 Å². The number of halogens is 1. The molecule has 3 nitrogen and oxygen atoms in total. The molecule has 0 atom stereocenters. The number of methoxy groups -OCH3 is 1. The fraction of sp³-hybridized carbons (Fsp3) is 0.273. The minimum absolute atomic E-state index is 0.0462. The molecule has 0 amide bonds. The van der Waals surface area contributed by atoms with Crippen LogP contribution in [-0.4, -0.2) is 18.9 Å². The van der Waals surface area contributed by atoms with Crippen LogP contribution in [0, 0.1) is 5.82 Å². The predicted octanol–water partition coefficient (Wildman–Crippen LogP) is 1.74. The number of hydrogen-bond donors (Lipinski definition) is 0. The van der Waals surface area contributed by atoms with E-state index in [2.05, 4.69) is 4.74 Å². The zero-order valence-corrected chi connectivity index (χ0v) is 8.17. The summed E-state index contributed by atoms with van der Waals surface area (Å²) in [5, 5.41) is 0. The Morgan fingerprint density at radius 3 is 2.80 bits per heavy atom. The van der Waals surface area contributed by atoms with Gasteiger partial charge in [-0.3, -0.25) is 4.79 Å². The van der Waals surface area contributed by atoms with Crippen LogP contribution in [0.5, 0.6) is 0 Å². The molecular weight excluding hydrogens is 199 g/mol. The van der Waals surface area contributed by atoms with Gasteiger partial charge in [0, 0.05) is 12.0 Å². The number of ether oxygens (including phenoxy) is 1. The summed E-state index contributed by atoms with van der Waals surface area (Å²) in [7, 11) is 1.18. The molecule has 15 heavy (non-hydrogen) atoms. The van der Waals surface area contributed by atoms with E-state index in [-0.39, 0.29) is 11.3 Å². The Hall–Kier alpha value is -1.71. The summed E-state index contributed by atoms with van der Waals surface area (Å²) in [4.78, 5) is 22.5. The number of esters is 1. The first-order valence-electron chi connectivity index (χ1n) is 4.57. The molecule has 0 saturated heterocycles. The fourth-order valence-corrected chi connectivity index (χ4v) is 1.73. The van der Waals surface area contributed by atoms with Gasteiger partial charge in [0.1, 0.15) is 5.82 Å². The van der Waals surface area contributed by atoms with Crippen molar-refractivity contribution in [2.45, 2.75) is 12.8 Å². The van der Waals surface area contributed by atoms with Gasteiger partial charge in [-0.05, 0) is 24.1 Å². The molecule has 0 unspecified atom stereocenters. The molecule has 1 aromatic rings. The predicted molar refractivity (Wildman–Crippen MR) is 50.4 cm³/mol. The van der Waals surface area contributed by atoms with Crippen molar-refractivity contribution in [3.8, 4) is 0 Å². The Morgan fingerprint density at radius 2 is 2.13 bits per heavy atom. The van der Waals surface area contributed by atoms with Gasteiger partial charge in [-0.25, -0.2) is 9.18 Å². The smallest absolute Gasteiger partial charge is 0.340 e. The summed E-state index contributed by atoms with van der Waals surface area (Å²) < 4.78 is 17.8. The minimum Gasteiger partial charge on any atom is -0.465 e. The largest absolute Gasteiger partial charge is 0.465 e. The van der Waals surface area contributed by atoms with Gasteiger partial charge < -0.3 is 4.74 Å². The van der Waals surface area contributed by atoms with Crippen molar-refractivity contribution >= 4 is 11.8 Å². The number of aryl methyl sites for hydroxylation is 1. The van der Waals surface area contributed by atoms with Crippen LogP contribution in [-0.2, 0) is 11.2 Å². The van der Waals surface area contributed by atoms with E-state index in [0.29, 0.717) is 24.0 Å². The molecule has 0 bridgehead atoms. The van der Waals surface area contributed by atoms with E-state index in [0.717, 1.165) is 0 Å². The maximum atomic E-state index is 13.4. The molecule has 1 aromatic carbocycles. The van der Waals surface area contributed by atoms with E-state index >= 15 is 0 Å². The van der Waals surface area contributed by atoms with Gasteiger partial charge in [-0.2, -0.15) is 0 Å². The van der Waals surface area contributed by atoms with Gasteiger partial charge in [0.2, 0.25) is 0 Å². The maximum Gasteiger partial charge on any atom is 0.340 e. The number of ketones is 1. The molecule has 0 N–H and O–H groups in total. The van der Waals surface area contributed by atoms with Crippen LogP contribution in [0.3, 0.4) is 0 Å².